The normalized spacial score (nSPS) is 21.6. The third-order valence-electron chi connectivity index (χ3n) is 4.46. The average Bonchev–Trinajstić information content (AvgIpc) is 2.53. The Labute approximate surface area is 136 Å². The van der Waals surface area contributed by atoms with Gasteiger partial charge < -0.3 is 9.47 Å². The molecule has 1 aliphatic heterocycles. The summed E-state index contributed by atoms with van der Waals surface area (Å²) in [6.07, 6.45) is 4.68. The highest BCUT2D eigenvalue weighted by atomic mass is 16.5. The van der Waals surface area contributed by atoms with Gasteiger partial charge in [0, 0.05) is 0 Å². The first kappa shape index (κ1) is 15.8. The molecule has 5 heteroatoms. The van der Waals surface area contributed by atoms with E-state index in [0.29, 0.717) is 11.4 Å². The van der Waals surface area contributed by atoms with Crippen LogP contribution in [0.1, 0.15) is 44.6 Å². The first-order valence-electron chi connectivity index (χ1n) is 8.33. The summed E-state index contributed by atoms with van der Waals surface area (Å²) in [4.78, 5) is 26.2. The Hall–Kier alpha value is -2.04. The number of carbonyl (C=O) groups is 2. The zero-order valence-corrected chi connectivity index (χ0v) is 13.7. The molecule has 1 amide bonds. The molecule has 1 unspecified atom stereocenters. The third-order valence-corrected chi connectivity index (χ3v) is 4.46. The molecule has 1 heterocycles. The van der Waals surface area contributed by atoms with Crippen LogP contribution in [0.3, 0.4) is 0 Å². The minimum atomic E-state index is -0.590. The van der Waals surface area contributed by atoms with Crippen molar-refractivity contribution in [3.05, 3.63) is 23.8 Å². The number of rotatable bonds is 3. The highest BCUT2D eigenvalue weighted by Crippen LogP contribution is 2.34. The summed E-state index contributed by atoms with van der Waals surface area (Å²) in [6, 6.07) is 5.64. The van der Waals surface area contributed by atoms with Crippen LogP contribution < -0.4 is 9.64 Å². The maximum absolute atomic E-state index is 12.4. The second kappa shape index (κ2) is 6.60. The standard InChI is InChI=1S/C18H23NO4/c1-12-8-9-16-15(10-12)19(18(21)13(2)22-16)11-17(20)23-14-6-4-3-5-7-14/h8-10,13-14H,3-7,11H2,1-2H3. The molecular weight excluding hydrogens is 294 g/mol. The number of hydrogen-bond donors (Lipinski definition) is 0. The highest BCUT2D eigenvalue weighted by Gasteiger charge is 2.33. The van der Waals surface area contributed by atoms with E-state index in [1.54, 1.807) is 6.92 Å². The minimum Gasteiger partial charge on any atom is -0.479 e. The van der Waals surface area contributed by atoms with Gasteiger partial charge in [0.2, 0.25) is 0 Å². The van der Waals surface area contributed by atoms with Gasteiger partial charge in [-0.2, -0.15) is 0 Å². The first-order chi connectivity index (χ1) is 11.0. The van der Waals surface area contributed by atoms with Crippen molar-refractivity contribution in [2.75, 3.05) is 11.4 Å². The molecule has 1 fully saturated rings. The molecule has 1 aliphatic carbocycles. The van der Waals surface area contributed by atoms with Crippen LogP contribution in [0.2, 0.25) is 0 Å². The summed E-state index contributed by atoms with van der Waals surface area (Å²) in [5.74, 6) is 0.0867. The average molecular weight is 317 g/mol. The van der Waals surface area contributed by atoms with E-state index >= 15 is 0 Å². The van der Waals surface area contributed by atoms with E-state index in [0.717, 1.165) is 31.2 Å². The topological polar surface area (TPSA) is 55.8 Å². The number of carbonyl (C=O) groups excluding carboxylic acids is 2. The predicted molar refractivity (Wildman–Crippen MR) is 86.6 cm³/mol. The molecule has 0 saturated heterocycles. The lowest BCUT2D eigenvalue weighted by molar-refractivity contribution is -0.149. The Morgan fingerprint density at radius 1 is 1.30 bits per heavy atom. The number of anilines is 1. The van der Waals surface area contributed by atoms with Crippen molar-refractivity contribution in [1.82, 2.24) is 0 Å². The van der Waals surface area contributed by atoms with Crippen LogP contribution in [-0.4, -0.2) is 30.6 Å². The third kappa shape index (κ3) is 3.49. The Morgan fingerprint density at radius 3 is 2.78 bits per heavy atom. The molecule has 23 heavy (non-hydrogen) atoms. The maximum Gasteiger partial charge on any atom is 0.326 e. The lowest BCUT2D eigenvalue weighted by Crippen LogP contribution is -2.47. The van der Waals surface area contributed by atoms with E-state index < -0.39 is 6.10 Å². The lowest BCUT2D eigenvalue weighted by atomic mass is 9.98. The maximum atomic E-state index is 12.4. The number of fused-ring (bicyclic) bond motifs is 1. The van der Waals surface area contributed by atoms with Crippen molar-refractivity contribution >= 4 is 17.6 Å². The van der Waals surface area contributed by atoms with Gasteiger partial charge >= 0.3 is 5.97 Å². The van der Waals surface area contributed by atoms with Crippen LogP contribution in [0.5, 0.6) is 5.75 Å². The quantitative estimate of drug-likeness (QED) is 0.804. The predicted octanol–water partition coefficient (Wildman–Crippen LogP) is 2.98. The molecule has 0 radical (unpaired) electrons. The molecule has 0 aromatic heterocycles. The van der Waals surface area contributed by atoms with E-state index in [-0.39, 0.29) is 24.5 Å². The van der Waals surface area contributed by atoms with E-state index in [9.17, 15) is 9.59 Å². The molecule has 0 bridgehead atoms. The Kier molecular flexibility index (Phi) is 4.55. The minimum absolute atomic E-state index is 0.00166. The SMILES string of the molecule is Cc1ccc2c(c1)N(CC(=O)OC1CCCCC1)C(=O)C(C)O2. The van der Waals surface area contributed by atoms with Gasteiger partial charge in [-0.1, -0.05) is 12.5 Å². The van der Waals surface area contributed by atoms with Crippen molar-refractivity contribution < 1.29 is 19.1 Å². The second-order valence-electron chi connectivity index (χ2n) is 6.41. The van der Waals surface area contributed by atoms with E-state index in [1.807, 2.05) is 25.1 Å². The van der Waals surface area contributed by atoms with Crippen LogP contribution in [-0.2, 0) is 14.3 Å². The fourth-order valence-electron chi connectivity index (χ4n) is 3.22. The lowest BCUT2D eigenvalue weighted by Gasteiger charge is -2.33. The summed E-state index contributed by atoms with van der Waals surface area (Å²) in [5, 5.41) is 0. The fourth-order valence-corrected chi connectivity index (χ4v) is 3.22. The van der Waals surface area contributed by atoms with Crippen LogP contribution >= 0.6 is 0 Å². The van der Waals surface area contributed by atoms with Gasteiger partial charge in [-0.15, -0.1) is 0 Å². The van der Waals surface area contributed by atoms with Gasteiger partial charge in [-0.25, -0.2) is 0 Å². The second-order valence-corrected chi connectivity index (χ2v) is 6.41. The molecule has 2 aliphatic rings. The first-order valence-corrected chi connectivity index (χ1v) is 8.33. The molecule has 3 rings (SSSR count). The van der Waals surface area contributed by atoms with Gasteiger partial charge in [-0.05, 0) is 57.2 Å². The Bertz CT molecular complexity index is 607. The van der Waals surface area contributed by atoms with Crippen molar-refractivity contribution in [3.63, 3.8) is 0 Å². The van der Waals surface area contributed by atoms with Gasteiger partial charge in [0.1, 0.15) is 18.4 Å². The van der Waals surface area contributed by atoms with Crippen LogP contribution in [0.4, 0.5) is 5.69 Å². The molecule has 5 nitrogen and oxygen atoms in total. The molecular formula is C18H23NO4. The molecule has 1 saturated carbocycles. The number of hydrogen-bond acceptors (Lipinski definition) is 4. The molecule has 124 valence electrons. The van der Waals surface area contributed by atoms with Gasteiger partial charge in [-0.3, -0.25) is 14.5 Å². The van der Waals surface area contributed by atoms with Crippen molar-refractivity contribution in [3.8, 4) is 5.75 Å². The number of ether oxygens (including phenoxy) is 2. The Balaban J connectivity index is 1.74. The van der Waals surface area contributed by atoms with Crippen LogP contribution in [0, 0.1) is 6.92 Å². The monoisotopic (exact) mass is 317 g/mol. The fraction of sp³-hybridized carbons (Fsp3) is 0.556. The summed E-state index contributed by atoms with van der Waals surface area (Å²) < 4.78 is 11.2. The smallest absolute Gasteiger partial charge is 0.326 e. The molecule has 0 N–H and O–H groups in total. The van der Waals surface area contributed by atoms with E-state index in [4.69, 9.17) is 9.47 Å². The number of esters is 1. The molecule has 1 aromatic carbocycles. The molecule has 1 aromatic rings. The summed E-state index contributed by atoms with van der Waals surface area (Å²) in [7, 11) is 0. The van der Waals surface area contributed by atoms with E-state index in [1.165, 1.54) is 11.3 Å². The zero-order valence-electron chi connectivity index (χ0n) is 13.7. The van der Waals surface area contributed by atoms with Gasteiger partial charge in [0.15, 0.2) is 6.10 Å². The number of nitrogens with zero attached hydrogens (tertiary/aromatic N) is 1. The molecule has 1 atom stereocenters. The van der Waals surface area contributed by atoms with Gasteiger partial charge in [0.05, 0.1) is 5.69 Å². The van der Waals surface area contributed by atoms with E-state index in [2.05, 4.69) is 0 Å². The van der Waals surface area contributed by atoms with Crippen molar-refractivity contribution in [1.29, 1.82) is 0 Å². The van der Waals surface area contributed by atoms with Gasteiger partial charge in [0.25, 0.3) is 5.91 Å². The van der Waals surface area contributed by atoms with Crippen LogP contribution in [0.25, 0.3) is 0 Å². The van der Waals surface area contributed by atoms with Crippen molar-refractivity contribution in [2.45, 2.75) is 58.2 Å². The number of aryl methyl sites for hydroxylation is 1. The number of amides is 1. The van der Waals surface area contributed by atoms with Crippen LogP contribution in [0.15, 0.2) is 18.2 Å². The summed E-state index contributed by atoms with van der Waals surface area (Å²) >= 11 is 0. The molecule has 0 spiro atoms. The van der Waals surface area contributed by atoms with Crippen molar-refractivity contribution in [2.24, 2.45) is 0 Å². The highest BCUT2D eigenvalue weighted by molar-refractivity contribution is 6.03. The summed E-state index contributed by atoms with van der Waals surface area (Å²) in [6.45, 7) is 3.59. The zero-order chi connectivity index (χ0) is 16.4. The number of benzene rings is 1. The Morgan fingerprint density at radius 2 is 2.04 bits per heavy atom. The summed E-state index contributed by atoms with van der Waals surface area (Å²) in [5.41, 5.74) is 1.66. The largest absolute Gasteiger partial charge is 0.479 e.